The molecule has 1 aromatic rings. The number of morpholine rings is 1. The van der Waals surface area contributed by atoms with Crippen LogP contribution in [-0.2, 0) is 11.3 Å². The van der Waals surface area contributed by atoms with E-state index in [1.165, 1.54) is 5.56 Å². The third-order valence-electron chi connectivity index (χ3n) is 5.16. The van der Waals surface area contributed by atoms with Gasteiger partial charge in [0.25, 0.3) is 0 Å². The van der Waals surface area contributed by atoms with Crippen molar-refractivity contribution in [3.63, 3.8) is 0 Å². The lowest BCUT2D eigenvalue weighted by Gasteiger charge is -2.30. The number of aliphatic hydroxyl groups excluding tert-OH is 1. The standard InChI is InChI=1S/C20H32N2O3/c1-16(2)25-20-5-3-4-17(10-20)11-22-13-18(19(14-22)15-23)12-21-6-8-24-9-7-21/h3-5,10,16,18-19,23H,6-9,11-15H2,1-2H3/t18-,19-/m1/s1. The molecule has 0 bridgehead atoms. The molecule has 5 heteroatoms. The summed E-state index contributed by atoms with van der Waals surface area (Å²) in [6.45, 7) is 12.1. The van der Waals surface area contributed by atoms with Gasteiger partial charge in [0.2, 0.25) is 0 Å². The summed E-state index contributed by atoms with van der Waals surface area (Å²) in [4.78, 5) is 4.96. The summed E-state index contributed by atoms with van der Waals surface area (Å²) >= 11 is 0. The predicted octanol–water partition coefficient (Wildman–Crippen LogP) is 1.85. The van der Waals surface area contributed by atoms with Gasteiger partial charge in [0.15, 0.2) is 0 Å². The predicted molar refractivity (Wildman–Crippen MR) is 98.8 cm³/mol. The molecule has 140 valence electrons. The molecule has 2 atom stereocenters. The highest BCUT2D eigenvalue weighted by Gasteiger charge is 2.33. The van der Waals surface area contributed by atoms with Crippen LogP contribution >= 0.6 is 0 Å². The molecule has 2 aliphatic heterocycles. The summed E-state index contributed by atoms with van der Waals surface area (Å²) in [6, 6.07) is 8.39. The minimum absolute atomic E-state index is 0.193. The van der Waals surface area contributed by atoms with E-state index in [-0.39, 0.29) is 12.7 Å². The average molecular weight is 348 g/mol. The van der Waals surface area contributed by atoms with Gasteiger partial charge in [0.1, 0.15) is 5.75 Å². The Morgan fingerprint density at radius 1 is 1.16 bits per heavy atom. The minimum atomic E-state index is 0.193. The zero-order valence-corrected chi connectivity index (χ0v) is 15.6. The zero-order chi connectivity index (χ0) is 17.6. The first-order valence-corrected chi connectivity index (χ1v) is 9.53. The van der Waals surface area contributed by atoms with Crippen LogP contribution in [0.4, 0.5) is 0 Å². The first-order valence-electron chi connectivity index (χ1n) is 9.53. The van der Waals surface area contributed by atoms with Crippen LogP contribution in [0.3, 0.4) is 0 Å². The van der Waals surface area contributed by atoms with Crippen LogP contribution in [0.2, 0.25) is 0 Å². The van der Waals surface area contributed by atoms with E-state index in [0.29, 0.717) is 11.8 Å². The van der Waals surface area contributed by atoms with Crippen LogP contribution in [0.5, 0.6) is 5.75 Å². The molecule has 0 aliphatic carbocycles. The number of hydrogen-bond acceptors (Lipinski definition) is 5. The number of ether oxygens (including phenoxy) is 2. The molecule has 2 heterocycles. The largest absolute Gasteiger partial charge is 0.491 e. The average Bonchev–Trinajstić information content (AvgIpc) is 2.97. The second kappa shape index (κ2) is 8.99. The van der Waals surface area contributed by atoms with E-state index in [2.05, 4.69) is 41.8 Å². The van der Waals surface area contributed by atoms with E-state index in [0.717, 1.165) is 58.2 Å². The van der Waals surface area contributed by atoms with Gasteiger partial charge in [-0.2, -0.15) is 0 Å². The maximum Gasteiger partial charge on any atom is 0.120 e. The summed E-state index contributed by atoms with van der Waals surface area (Å²) in [5, 5.41) is 9.80. The fraction of sp³-hybridized carbons (Fsp3) is 0.700. The van der Waals surface area contributed by atoms with Crippen molar-refractivity contribution in [1.29, 1.82) is 0 Å². The molecule has 3 rings (SSSR count). The van der Waals surface area contributed by atoms with Crippen molar-refractivity contribution in [2.24, 2.45) is 11.8 Å². The Morgan fingerprint density at radius 2 is 1.92 bits per heavy atom. The molecule has 0 spiro atoms. The number of benzene rings is 1. The lowest BCUT2D eigenvalue weighted by Crippen LogP contribution is -2.41. The van der Waals surface area contributed by atoms with Gasteiger partial charge in [-0.05, 0) is 43.4 Å². The van der Waals surface area contributed by atoms with Crippen molar-refractivity contribution in [2.45, 2.75) is 26.5 Å². The molecule has 25 heavy (non-hydrogen) atoms. The Kier molecular flexibility index (Phi) is 6.70. The summed E-state index contributed by atoms with van der Waals surface area (Å²) < 4.78 is 11.2. The minimum Gasteiger partial charge on any atom is -0.491 e. The van der Waals surface area contributed by atoms with Crippen LogP contribution in [0.25, 0.3) is 0 Å². The van der Waals surface area contributed by atoms with Crippen LogP contribution in [0.15, 0.2) is 24.3 Å². The summed E-state index contributed by atoms with van der Waals surface area (Å²) in [5.41, 5.74) is 1.28. The van der Waals surface area contributed by atoms with Gasteiger partial charge in [-0.25, -0.2) is 0 Å². The molecule has 0 aromatic heterocycles. The molecule has 0 unspecified atom stereocenters. The normalized spacial score (nSPS) is 25.6. The quantitative estimate of drug-likeness (QED) is 0.815. The lowest BCUT2D eigenvalue weighted by molar-refractivity contribution is 0.0264. The monoisotopic (exact) mass is 348 g/mol. The lowest BCUT2D eigenvalue weighted by atomic mass is 9.96. The van der Waals surface area contributed by atoms with Crippen LogP contribution < -0.4 is 4.74 Å². The smallest absolute Gasteiger partial charge is 0.120 e. The second-order valence-corrected chi connectivity index (χ2v) is 7.62. The third-order valence-corrected chi connectivity index (χ3v) is 5.16. The molecular weight excluding hydrogens is 316 g/mol. The Labute approximate surface area is 151 Å². The molecule has 1 N–H and O–H groups in total. The number of hydrogen-bond donors (Lipinski definition) is 1. The number of rotatable bonds is 7. The van der Waals surface area contributed by atoms with Crippen molar-refractivity contribution in [3.8, 4) is 5.75 Å². The molecule has 2 saturated heterocycles. The molecule has 5 nitrogen and oxygen atoms in total. The van der Waals surface area contributed by atoms with E-state index in [9.17, 15) is 5.11 Å². The topological polar surface area (TPSA) is 45.2 Å². The Balaban J connectivity index is 1.56. The fourth-order valence-electron chi connectivity index (χ4n) is 3.94. The fourth-order valence-corrected chi connectivity index (χ4v) is 3.94. The van der Waals surface area contributed by atoms with Crippen molar-refractivity contribution >= 4 is 0 Å². The van der Waals surface area contributed by atoms with Crippen LogP contribution in [-0.4, -0.2) is 73.6 Å². The summed E-state index contributed by atoms with van der Waals surface area (Å²) in [7, 11) is 0. The van der Waals surface area contributed by atoms with Gasteiger partial charge in [-0.15, -0.1) is 0 Å². The van der Waals surface area contributed by atoms with E-state index in [1.807, 2.05) is 6.07 Å². The number of aliphatic hydroxyl groups is 1. The summed E-state index contributed by atoms with van der Waals surface area (Å²) in [5.74, 6) is 1.85. The first-order chi connectivity index (χ1) is 12.1. The highest BCUT2D eigenvalue weighted by Crippen LogP contribution is 2.26. The number of likely N-dealkylation sites (tertiary alicyclic amines) is 1. The summed E-state index contributed by atoms with van der Waals surface area (Å²) in [6.07, 6.45) is 0.193. The molecular formula is C20H32N2O3. The third kappa shape index (κ3) is 5.42. The van der Waals surface area contributed by atoms with Gasteiger partial charge in [0.05, 0.1) is 19.3 Å². The van der Waals surface area contributed by atoms with Crippen molar-refractivity contribution < 1.29 is 14.6 Å². The van der Waals surface area contributed by atoms with Gasteiger partial charge in [-0.3, -0.25) is 9.80 Å². The van der Waals surface area contributed by atoms with Gasteiger partial charge >= 0.3 is 0 Å². The first kappa shape index (κ1) is 18.6. The van der Waals surface area contributed by atoms with E-state index in [1.54, 1.807) is 0 Å². The highest BCUT2D eigenvalue weighted by molar-refractivity contribution is 5.28. The highest BCUT2D eigenvalue weighted by atomic mass is 16.5. The maximum atomic E-state index is 9.80. The second-order valence-electron chi connectivity index (χ2n) is 7.62. The molecule has 2 fully saturated rings. The van der Waals surface area contributed by atoms with Crippen molar-refractivity contribution in [3.05, 3.63) is 29.8 Å². The molecule has 0 amide bonds. The Morgan fingerprint density at radius 3 is 2.64 bits per heavy atom. The van der Waals surface area contributed by atoms with Crippen molar-refractivity contribution in [2.75, 3.05) is 52.5 Å². The van der Waals surface area contributed by atoms with Crippen LogP contribution in [0, 0.1) is 11.8 Å². The Hall–Kier alpha value is -1.14. The van der Waals surface area contributed by atoms with E-state index >= 15 is 0 Å². The van der Waals surface area contributed by atoms with E-state index in [4.69, 9.17) is 9.47 Å². The molecule has 1 aromatic carbocycles. The van der Waals surface area contributed by atoms with Crippen LogP contribution in [0.1, 0.15) is 19.4 Å². The Bertz CT molecular complexity index is 531. The molecule has 0 radical (unpaired) electrons. The zero-order valence-electron chi connectivity index (χ0n) is 15.6. The maximum absolute atomic E-state index is 9.80. The van der Waals surface area contributed by atoms with Gasteiger partial charge in [0, 0.05) is 45.9 Å². The molecule has 0 saturated carbocycles. The van der Waals surface area contributed by atoms with E-state index < -0.39 is 0 Å². The van der Waals surface area contributed by atoms with Crippen molar-refractivity contribution in [1.82, 2.24) is 9.80 Å². The van der Waals surface area contributed by atoms with Gasteiger partial charge in [-0.1, -0.05) is 12.1 Å². The van der Waals surface area contributed by atoms with Gasteiger partial charge < -0.3 is 14.6 Å². The molecule has 2 aliphatic rings. The number of nitrogens with zero attached hydrogens (tertiary/aromatic N) is 2. The SMILES string of the molecule is CC(C)Oc1cccc(CN2C[C@@H](CN3CCOCC3)[C@@H](CO)C2)c1.